The maximum atomic E-state index is 10.2. The zero-order chi connectivity index (χ0) is 70.9. The van der Waals surface area contributed by atoms with Crippen LogP contribution < -0.4 is 4.90 Å². The topological polar surface area (TPSA) is 16.4 Å². The Morgan fingerprint density at radius 1 is 0.474 bits per heavy atom. The third-order valence-electron chi connectivity index (χ3n) is 9.11. The van der Waals surface area contributed by atoms with E-state index in [2.05, 4.69) is 0 Å². The smallest absolute Gasteiger partial charge is 0.159 e. The fourth-order valence-corrected chi connectivity index (χ4v) is 6.56. The lowest BCUT2D eigenvalue weighted by molar-refractivity contribution is 0.660. The van der Waals surface area contributed by atoms with Crippen LogP contribution in [-0.4, -0.2) is 0 Å². The van der Waals surface area contributed by atoms with Crippen LogP contribution in [0.1, 0.15) is 76.9 Å². The minimum absolute atomic E-state index is 0.218. The van der Waals surface area contributed by atoms with Crippen molar-refractivity contribution in [3.8, 4) is 44.5 Å². The average Bonchev–Trinajstić information content (AvgIpc) is 1.52. The van der Waals surface area contributed by atoms with Gasteiger partial charge in [0.1, 0.15) is 5.58 Å². The van der Waals surface area contributed by atoms with Crippen molar-refractivity contribution in [2.24, 2.45) is 0 Å². The predicted octanol–water partition coefficient (Wildman–Crippen LogP) is 15.5. The lowest BCUT2D eigenvalue weighted by Gasteiger charge is -2.28. The Bertz CT molecular complexity index is 5150. The van der Waals surface area contributed by atoms with Crippen molar-refractivity contribution in [1.29, 1.82) is 0 Å². The van der Waals surface area contributed by atoms with Gasteiger partial charge in [-0.05, 0) is 103 Å². The van der Waals surface area contributed by atoms with Crippen LogP contribution in [0.2, 0.25) is 0 Å². The van der Waals surface area contributed by atoms with E-state index in [1.165, 1.54) is 0 Å². The summed E-state index contributed by atoms with van der Waals surface area (Å²) in [5.74, 6) is 0. The summed E-state index contributed by atoms with van der Waals surface area (Å²) in [6.45, 7) is -8.05. The Morgan fingerprint density at radius 3 is 1.98 bits per heavy atom. The van der Waals surface area contributed by atoms with E-state index in [-0.39, 0.29) is 4.90 Å². The van der Waals surface area contributed by atoms with Crippen LogP contribution in [0.3, 0.4) is 0 Å². The first-order valence-electron chi connectivity index (χ1n) is 35.7. The van der Waals surface area contributed by atoms with Gasteiger partial charge in [0.05, 0.1) is 49.6 Å². The Hall–Kier alpha value is -7.16. The summed E-state index contributed by atoms with van der Waals surface area (Å²) >= 11 is 0. The third-order valence-corrected chi connectivity index (χ3v) is 9.11. The van der Waals surface area contributed by atoms with E-state index in [0.29, 0.717) is 6.07 Å². The number of rotatable bonds is 6. The lowest BCUT2D eigenvalue weighted by atomic mass is 9.82. The molecule has 0 unspecified atom stereocenters. The van der Waals surface area contributed by atoms with Crippen LogP contribution in [0, 0.1) is 0 Å². The molecular weight excluding hydrogens is 691 g/mol. The van der Waals surface area contributed by atoms with Crippen LogP contribution in [-0.2, 0) is 5.41 Å². The molecule has 0 aliphatic heterocycles. The van der Waals surface area contributed by atoms with Gasteiger partial charge in [-0.15, -0.1) is 0 Å². The first-order valence-corrected chi connectivity index (χ1v) is 16.7. The summed E-state index contributed by atoms with van der Waals surface area (Å²) in [7, 11) is 0. The van der Waals surface area contributed by atoms with Gasteiger partial charge in [0.2, 0.25) is 0 Å². The number of anilines is 3. The van der Waals surface area contributed by atoms with Gasteiger partial charge in [-0.3, -0.25) is 0 Å². The molecular formula is C55H39NO. The van der Waals surface area contributed by atoms with Crippen LogP contribution >= 0.6 is 0 Å². The number of nitrogens with zero attached hydrogens (tertiary/aromatic N) is 1. The molecule has 0 amide bonds. The molecule has 2 heteroatoms. The number of hydrogen-bond acceptors (Lipinski definition) is 2. The van der Waals surface area contributed by atoms with E-state index in [4.69, 9.17) is 34.6 Å². The Morgan fingerprint density at radius 2 is 1.14 bits per heavy atom. The molecule has 0 spiro atoms. The summed E-state index contributed by atoms with van der Waals surface area (Å²) < 4.78 is 354. The zero-order valence-corrected chi connectivity index (χ0v) is 28.4. The summed E-state index contributed by atoms with van der Waals surface area (Å²) in [5.41, 5.74) is -20.0. The highest BCUT2D eigenvalue weighted by Gasteiger charge is 2.36. The number of benzene rings is 9. The maximum Gasteiger partial charge on any atom is 0.159 e. The zero-order valence-electron chi connectivity index (χ0n) is 66.4. The maximum absolute atomic E-state index is 10.2. The van der Waals surface area contributed by atoms with Crippen molar-refractivity contribution in [3.63, 3.8) is 0 Å². The minimum atomic E-state index is -4.02. The molecule has 1 heterocycles. The second-order valence-corrected chi connectivity index (χ2v) is 12.3. The minimum Gasteiger partial charge on any atom is -0.454 e. The van der Waals surface area contributed by atoms with E-state index in [0.717, 1.165) is 0 Å². The van der Waals surface area contributed by atoms with E-state index in [9.17, 15) is 21.9 Å². The Balaban J connectivity index is 1.37. The molecule has 57 heavy (non-hydrogen) atoms. The molecule has 2 nitrogen and oxygen atoms in total. The van der Waals surface area contributed by atoms with E-state index < -0.39 is 318 Å². The molecule has 1 aliphatic carbocycles. The van der Waals surface area contributed by atoms with Gasteiger partial charge in [-0.25, -0.2) is 0 Å². The molecule has 0 fully saturated rings. The predicted molar refractivity (Wildman–Crippen MR) is 240 cm³/mol. The highest BCUT2D eigenvalue weighted by atomic mass is 16.3. The molecule has 0 N–H and O–H groups in total. The third kappa shape index (κ3) is 5.33. The summed E-state index contributed by atoms with van der Waals surface area (Å²) in [5, 5.41) is -3.22. The van der Waals surface area contributed by atoms with Crippen molar-refractivity contribution in [2.75, 3.05) is 4.90 Å². The fourth-order valence-electron chi connectivity index (χ4n) is 6.56. The first kappa shape index (κ1) is 12.4. The molecule has 1 aromatic heterocycles. The normalized spacial score (nSPS) is 22.7. The highest BCUT2D eigenvalue weighted by molar-refractivity contribution is 6.10. The van der Waals surface area contributed by atoms with Gasteiger partial charge in [0, 0.05) is 35.8 Å². The second kappa shape index (κ2) is 13.0. The Labute approximate surface area is 386 Å². The SMILES string of the molecule is [2H]c1cc([2H])c2c(c1[2H])C(C([2H])([2H])[2H])(C([2H])([2H])[2H])c1c([2H])c(N(c3c([2H])c([2H])c(-c4c([2H])c([2H])c5c([2H])c([2H])c([2H])c([2H])c5c4-c4c([2H])c([2H])c(-c5c([2H])c([2H])c([2H])c([2H])c5[2H])c([2H])c4[2H])c([2H])c3[2H])c3c([2H])c([2H])c([2H])c4c3oc3c([2H])c([2H])c([2H])c([2H])c34)c([2H])c([2H])c1-2. The number of furan rings is 1. The molecule has 270 valence electrons. The highest BCUT2D eigenvalue weighted by Crippen LogP contribution is 2.51. The summed E-state index contributed by atoms with van der Waals surface area (Å²) in [4.78, 5) is 0.218. The van der Waals surface area contributed by atoms with Gasteiger partial charge >= 0.3 is 0 Å². The molecule has 0 saturated carbocycles. The number of para-hydroxylation sites is 2. The molecule has 0 radical (unpaired) electrons. The number of hydrogen-bond donors (Lipinski definition) is 0. The molecule has 9 aromatic carbocycles. The molecule has 0 bridgehead atoms. The Kier molecular flexibility index (Phi) is 2.83. The van der Waals surface area contributed by atoms with Crippen molar-refractivity contribution in [3.05, 3.63) is 211 Å². The monoisotopic (exact) mass is 768 g/mol. The van der Waals surface area contributed by atoms with Crippen LogP contribution in [0.4, 0.5) is 17.1 Å². The van der Waals surface area contributed by atoms with E-state index >= 15 is 0 Å². The van der Waals surface area contributed by atoms with Crippen molar-refractivity contribution in [2.45, 2.75) is 19.1 Å². The van der Waals surface area contributed by atoms with Gasteiger partial charge in [-0.2, -0.15) is 0 Å². The quantitative estimate of drug-likeness (QED) is 0.168. The van der Waals surface area contributed by atoms with Crippen LogP contribution in [0.15, 0.2) is 204 Å². The average molecular weight is 768 g/mol. The van der Waals surface area contributed by atoms with Crippen LogP contribution in [0.25, 0.3) is 77.2 Å². The molecule has 10 aromatic rings. The lowest BCUT2D eigenvalue weighted by Crippen LogP contribution is -2.16. The second-order valence-electron chi connectivity index (χ2n) is 12.3. The van der Waals surface area contributed by atoms with Crippen LogP contribution in [0.5, 0.6) is 0 Å². The fraction of sp³-hybridized carbons (Fsp3) is 0.0545. The van der Waals surface area contributed by atoms with E-state index in [1.54, 1.807) is 0 Å². The number of fused-ring (bicyclic) bond motifs is 7. The van der Waals surface area contributed by atoms with E-state index in [1.807, 2.05) is 0 Å². The standard InChI is InChI=1S/C55H39NO/c1-55(2)49-20-10-8-17-45(49)46-34-32-42(35-50(46)55)56(51-21-12-19-48-47-18-9-11-22-52(47)57-54(48)51)41-30-27-39(28-31-41)44-33-29-38-15-6-7-16-43(38)53(44)40-25-23-37(24-26-40)36-13-4-3-5-14-36/h3-35H,1-2H3/i1D3,2D3,3D,4D,5D,6D,7D,9D,10D,11D,12D,13D,14D,15D,16D,17D,18D,19D,20D,21D,22D,23D,24D,25D,26D,27D,28D,29D,30D,31D,32D,33D,34D,35D. The molecule has 11 rings (SSSR count). The van der Waals surface area contributed by atoms with Crippen molar-refractivity contribution >= 4 is 49.8 Å². The van der Waals surface area contributed by atoms with Gasteiger partial charge in [-0.1, -0.05) is 177 Å². The largest absolute Gasteiger partial charge is 0.454 e. The summed E-state index contributed by atoms with van der Waals surface area (Å²) in [6.07, 6.45) is 0. The molecule has 1 aliphatic rings. The van der Waals surface area contributed by atoms with Gasteiger partial charge in [0.15, 0.2) is 5.58 Å². The summed E-state index contributed by atoms with van der Waals surface area (Å²) in [6, 6.07) is -36.3. The van der Waals surface area contributed by atoms with Crippen molar-refractivity contribution in [1.82, 2.24) is 0 Å². The molecule has 0 saturated heterocycles. The first-order chi connectivity index (χ1) is 43.9. The van der Waals surface area contributed by atoms with Gasteiger partial charge in [0.25, 0.3) is 0 Å². The van der Waals surface area contributed by atoms with Gasteiger partial charge < -0.3 is 9.32 Å². The van der Waals surface area contributed by atoms with Crippen molar-refractivity contribution < 1.29 is 56.5 Å². The molecule has 0 atom stereocenters.